The fraction of sp³-hybridized carbons (Fsp3) is 0.643. The van der Waals surface area contributed by atoms with Crippen LogP contribution in [0.15, 0.2) is 10.8 Å². The van der Waals surface area contributed by atoms with Gasteiger partial charge in [-0.25, -0.2) is 9.97 Å². The maximum atomic E-state index is 11.4. The van der Waals surface area contributed by atoms with Crippen molar-refractivity contribution in [1.82, 2.24) is 9.97 Å². The number of aliphatic hydroxyl groups is 1. The highest BCUT2D eigenvalue weighted by Gasteiger charge is 2.21. The molecule has 1 aliphatic rings. The number of carbonyl (C=O) groups is 1. The Kier molecular flexibility index (Phi) is 5.93. The highest BCUT2D eigenvalue weighted by atomic mass is 79.9. The predicted octanol–water partition coefficient (Wildman–Crippen LogP) is 2.35. The molecular weight excluding hydrogens is 336 g/mol. The maximum Gasteiger partial charge on any atom is 0.170 e. The molecule has 6 nitrogen and oxygen atoms in total. The third-order valence-electron chi connectivity index (χ3n) is 3.63. The lowest BCUT2D eigenvalue weighted by Crippen LogP contribution is -2.29. The molecule has 1 fully saturated rings. The van der Waals surface area contributed by atoms with Crippen molar-refractivity contribution in [2.75, 3.05) is 17.2 Å². The molecule has 0 radical (unpaired) electrons. The van der Waals surface area contributed by atoms with Crippen LogP contribution in [0, 0.1) is 0 Å². The summed E-state index contributed by atoms with van der Waals surface area (Å²) < 4.78 is 0.646. The fourth-order valence-electron chi connectivity index (χ4n) is 2.32. The van der Waals surface area contributed by atoms with Crippen LogP contribution in [-0.2, 0) is 4.79 Å². The molecule has 21 heavy (non-hydrogen) atoms. The van der Waals surface area contributed by atoms with Crippen molar-refractivity contribution in [3.05, 3.63) is 10.8 Å². The molecule has 116 valence electrons. The Balaban J connectivity index is 2.02. The van der Waals surface area contributed by atoms with Crippen LogP contribution in [0.25, 0.3) is 0 Å². The Morgan fingerprint density at radius 1 is 1.38 bits per heavy atom. The molecule has 0 unspecified atom stereocenters. The van der Waals surface area contributed by atoms with E-state index in [2.05, 4.69) is 36.5 Å². The monoisotopic (exact) mass is 356 g/mol. The third-order valence-corrected chi connectivity index (χ3v) is 4.01. The number of aromatic nitrogens is 2. The minimum absolute atomic E-state index is 0.131. The fourth-order valence-corrected chi connectivity index (χ4v) is 2.60. The zero-order chi connectivity index (χ0) is 15.2. The maximum absolute atomic E-state index is 11.4. The minimum atomic E-state index is -0.184. The van der Waals surface area contributed by atoms with Gasteiger partial charge in [0.05, 0.1) is 18.8 Å². The van der Waals surface area contributed by atoms with E-state index in [-0.39, 0.29) is 24.5 Å². The predicted molar refractivity (Wildman–Crippen MR) is 85.4 cm³/mol. The zero-order valence-electron chi connectivity index (χ0n) is 12.1. The summed E-state index contributed by atoms with van der Waals surface area (Å²) in [7, 11) is 0. The molecular formula is C14H21BrN4O2. The number of aliphatic hydroxyl groups excluding tert-OH is 1. The van der Waals surface area contributed by atoms with Crippen molar-refractivity contribution < 1.29 is 9.90 Å². The minimum Gasteiger partial charge on any atom is -0.393 e. The van der Waals surface area contributed by atoms with E-state index in [0.29, 0.717) is 22.7 Å². The summed E-state index contributed by atoms with van der Waals surface area (Å²) >= 11 is 3.32. The summed E-state index contributed by atoms with van der Waals surface area (Å²) in [6, 6.07) is 0.277. The van der Waals surface area contributed by atoms with E-state index in [4.69, 9.17) is 0 Å². The number of hydrogen-bond donors (Lipinski definition) is 3. The van der Waals surface area contributed by atoms with Gasteiger partial charge in [0.25, 0.3) is 0 Å². The van der Waals surface area contributed by atoms with E-state index in [1.807, 2.05) is 6.92 Å². The first-order valence-corrected chi connectivity index (χ1v) is 8.10. The van der Waals surface area contributed by atoms with E-state index < -0.39 is 0 Å². The second kappa shape index (κ2) is 7.70. The van der Waals surface area contributed by atoms with Crippen molar-refractivity contribution in [1.29, 1.82) is 0 Å². The molecule has 0 bridgehead atoms. The lowest BCUT2D eigenvalue weighted by molar-refractivity contribution is -0.117. The normalized spacial score (nSPS) is 21.9. The molecule has 0 aromatic carbocycles. The highest BCUT2D eigenvalue weighted by Crippen LogP contribution is 2.25. The molecule has 0 atom stereocenters. The second-order valence-corrected chi connectivity index (χ2v) is 6.10. The molecule has 0 aliphatic heterocycles. The number of Topliss-reactive ketones (excluding diaryl/α,β-unsaturated/α-hetero) is 1. The summed E-state index contributed by atoms with van der Waals surface area (Å²) in [5.74, 6) is 1.37. The van der Waals surface area contributed by atoms with Crippen LogP contribution in [0.3, 0.4) is 0 Å². The third kappa shape index (κ3) is 4.93. The van der Waals surface area contributed by atoms with Crippen LogP contribution in [0.2, 0.25) is 0 Å². The van der Waals surface area contributed by atoms with Gasteiger partial charge in [-0.15, -0.1) is 0 Å². The molecule has 2 rings (SSSR count). The first-order chi connectivity index (χ1) is 10.1. The van der Waals surface area contributed by atoms with Gasteiger partial charge < -0.3 is 15.7 Å². The summed E-state index contributed by atoms with van der Waals surface area (Å²) in [6.45, 7) is 2.09. The summed E-state index contributed by atoms with van der Waals surface area (Å²) in [5, 5.41) is 15.9. The van der Waals surface area contributed by atoms with Crippen molar-refractivity contribution in [2.45, 2.75) is 51.2 Å². The van der Waals surface area contributed by atoms with Gasteiger partial charge in [-0.3, -0.25) is 4.79 Å². The average molecular weight is 357 g/mol. The van der Waals surface area contributed by atoms with Gasteiger partial charge in [-0.1, -0.05) is 6.92 Å². The SMILES string of the molecule is CCC(=O)CNc1ncc(Br)nc1NC1CCC(O)CC1. The van der Waals surface area contributed by atoms with E-state index in [1.54, 1.807) is 6.20 Å². The topological polar surface area (TPSA) is 87.1 Å². The Morgan fingerprint density at radius 2 is 2.10 bits per heavy atom. The first kappa shape index (κ1) is 16.2. The van der Waals surface area contributed by atoms with E-state index >= 15 is 0 Å². The van der Waals surface area contributed by atoms with Crippen LogP contribution in [0.1, 0.15) is 39.0 Å². The molecule has 0 amide bonds. The molecule has 7 heteroatoms. The number of hydrogen-bond acceptors (Lipinski definition) is 6. The molecule has 1 saturated carbocycles. The number of rotatable bonds is 6. The molecule has 1 aromatic rings. The standard InChI is InChI=1S/C14H21BrN4O2/c1-2-10(20)7-16-13-14(19-12(15)8-17-13)18-9-3-5-11(21)6-4-9/h8-9,11,21H,2-7H2,1H3,(H,16,17)(H,18,19). The Labute approximate surface area is 132 Å². The van der Waals surface area contributed by atoms with Crippen LogP contribution in [-0.4, -0.2) is 39.5 Å². The van der Waals surface area contributed by atoms with Gasteiger partial charge in [0, 0.05) is 12.5 Å². The Morgan fingerprint density at radius 3 is 2.76 bits per heavy atom. The number of anilines is 2. The van der Waals surface area contributed by atoms with Crippen molar-refractivity contribution in [3.8, 4) is 0 Å². The number of ketones is 1. The van der Waals surface area contributed by atoms with Crippen LogP contribution in [0.5, 0.6) is 0 Å². The molecule has 3 N–H and O–H groups in total. The van der Waals surface area contributed by atoms with Gasteiger partial charge in [-0.05, 0) is 41.6 Å². The largest absolute Gasteiger partial charge is 0.393 e. The van der Waals surface area contributed by atoms with Crippen LogP contribution < -0.4 is 10.6 Å². The summed E-state index contributed by atoms with van der Waals surface area (Å²) in [5.41, 5.74) is 0. The van der Waals surface area contributed by atoms with Gasteiger partial charge in [0.15, 0.2) is 17.4 Å². The van der Waals surface area contributed by atoms with Crippen LogP contribution in [0.4, 0.5) is 11.6 Å². The summed E-state index contributed by atoms with van der Waals surface area (Å²) in [4.78, 5) is 20.1. The van der Waals surface area contributed by atoms with E-state index in [1.165, 1.54) is 0 Å². The molecule has 0 spiro atoms. The number of nitrogens with zero attached hydrogens (tertiary/aromatic N) is 2. The van der Waals surface area contributed by atoms with Gasteiger partial charge in [0.1, 0.15) is 4.60 Å². The molecule has 1 aromatic heterocycles. The lowest BCUT2D eigenvalue weighted by atomic mass is 9.93. The molecule has 1 aliphatic carbocycles. The lowest BCUT2D eigenvalue weighted by Gasteiger charge is -2.27. The van der Waals surface area contributed by atoms with Gasteiger partial charge in [-0.2, -0.15) is 0 Å². The van der Waals surface area contributed by atoms with E-state index in [9.17, 15) is 9.90 Å². The first-order valence-electron chi connectivity index (χ1n) is 7.31. The smallest absolute Gasteiger partial charge is 0.170 e. The van der Waals surface area contributed by atoms with Crippen molar-refractivity contribution in [3.63, 3.8) is 0 Å². The number of halogens is 1. The Bertz CT molecular complexity index is 490. The quantitative estimate of drug-likeness (QED) is 0.725. The summed E-state index contributed by atoms with van der Waals surface area (Å²) in [6.07, 6.45) is 5.34. The average Bonchev–Trinajstić information content (AvgIpc) is 2.48. The highest BCUT2D eigenvalue weighted by molar-refractivity contribution is 9.10. The Hall–Kier alpha value is -1.21. The van der Waals surface area contributed by atoms with E-state index in [0.717, 1.165) is 25.7 Å². The van der Waals surface area contributed by atoms with Crippen molar-refractivity contribution in [2.24, 2.45) is 0 Å². The second-order valence-electron chi connectivity index (χ2n) is 5.29. The van der Waals surface area contributed by atoms with Crippen LogP contribution >= 0.6 is 15.9 Å². The van der Waals surface area contributed by atoms with Gasteiger partial charge in [0.2, 0.25) is 0 Å². The molecule has 1 heterocycles. The van der Waals surface area contributed by atoms with Gasteiger partial charge >= 0.3 is 0 Å². The van der Waals surface area contributed by atoms with Crippen molar-refractivity contribution >= 4 is 33.3 Å². The number of nitrogens with one attached hydrogen (secondary N) is 2. The number of carbonyl (C=O) groups excluding carboxylic acids is 1. The molecule has 0 saturated heterocycles. The zero-order valence-corrected chi connectivity index (χ0v) is 13.7.